The molecule has 0 radical (unpaired) electrons. The third-order valence-electron chi connectivity index (χ3n) is 4.31. The second-order valence-corrected chi connectivity index (χ2v) is 6.49. The minimum atomic E-state index is -4.71. The molecule has 1 aliphatic heterocycles. The van der Waals surface area contributed by atoms with Crippen LogP contribution in [0.3, 0.4) is 0 Å². The number of alkyl halides is 3. The molecule has 160 valence electrons. The van der Waals surface area contributed by atoms with Gasteiger partial charge in [-0.2, -0.15) is 13.2 Å². The van der Waals surface area contributed by atoms with Gasteiger partial charge in [0, 0.05) is 18.9 Å². The summed E-state index contributed by atoms with van der Waals surface area (Å²) in [6.45, 7) is 1.10. The number of hydrogen-bond acceptors (Lipinski definition) is 6. The molecule has 0 saturated heterocycles. The second kappa shape index (κ2) is 8.89. The molecular formula is C19H18F3N3O5. The van der Waals surface area contributed by atoms with Crippen molar-refractivity contribution in [3.05, 3.63) is 57.6 Å². The molecule has 2 aromatic rings. The molecule has 0 fully saturated rings. The lowest BCUT2D eigenvalue weighted by atomic mass is 10.1. The van der Waals surface area contributed by atoms with Crippen LogP contribution in [0.2, 0.25) is 0 Å². The lowest BCUT2D eigenvalue weighted by molar-refractivity contribution is -0.384. The largest absolute Gasteiger partial charge is 0.490 e. The number of hydrogen-bond donors (Lipinski definition) is 2. The van der Waals surface area contributed by atoms with Crippen molar-refractivity contribution in [1.82, 2.24) is 5.43 Å². The van der Waals surface area contributed by atoms with E-state index in [1.165, 1.54) is 0 Å². The Kier molecular flexibility index (Phi) is 6.28. The molecule has 8 nitrogen and oxygen atoms in total. The Hall–Kier alpha value is -3.50. The number of nitro benzene ring substituents is 1. The first kappa shape index (κ1) is 21.2. The number of amides is 1. The predicted molar refractivity (Wildman–Crippen MR) is 100 cm³/mol. The Bertz CT molecular complexity index is 949. The van der Waals surface area contributed by atoms with Crippen LogP contribution in [0.5, 0.6) is 11.5 Å². The Labute approximate surface area is 169 Å². The number of anilines is 1. The van der Waals surface area contributed by atoms with E-state index >= 15 is 0 Å². The van der Waals surface area contributed by atoms with Crippen LogP contribution in [0.25, 0.3) is 0 Å². The summed E-state index contributed by atoms with van der Waals surface area (Å²) in [4.78, 5) is 22.2. The van der Waals surface area contributed by atoms with Gasteiger partial charge >= 0.3 is 6.18 Å². The second-order valence-electron chi connectivity index (χ2n) is 6.49. The van der Waals surface area contributed by atoms with E-state index in [2.05, 4.69) is 10.9 Å². The van der Waals surface area contributed by atoms with Gasteiger partial charge in [-0.05, 0) is 36.2 Å². The van der Waals surface area contributed by atoms with E-state index in [4.69, 9.17) is 9.47 Å². The van der Waals surface area contributed by atoms with Gasteiger partial charge in [-0.1, -0.05) is 6.07 Å². The number of benzene rings is 2. The number of carbonyl (C=O) groups is 1. The topological polar surface area (TPSA) is 103 Å². The van der Waals surface area contributed by atoms with Crippen LogP contribution in [0.4, 0.5) is 24.5 Å². The molecule has 0 atom stereocenters. The maximum Gasteiger partial charge on any atom is 0.416 e. The molecule has 30 heavy (non-hydrogen) atoms. The predicted octanol–water partition coefficient (Wildman–Crippen LogP) is 3.85. The van der Waals surface area contributed by atoms with Gasteiger partial charge in [0.25, 0.3) is 5.69 Å². The molecule has 3 rings (SSSR count). The number of carbonyl (C=O) groups excluding carboxylic acids is 1. The highest BCUT2D eigenvalue weighted by Gasteiger charge is 2.33. The molecule has 11 heteroatoms. The molecule has 1 heterocycles. The van der Waals surface area contributed by atoms with Gasteiger partial charge in [-0.15, -0.1) is 0 Å². The zero-order valence-corrected chi connectivity index (χ0v) is 15.6. The first-order valence-electron chi connectivity index (χ1n) is 9.03. The highest BCUT2D eigenvalue weighted by Crippen LogP contribution is 2.35. The van der Waals surface area contributed by atoms with Gasteiger partial charge in [0.1, 0.15) is 5.69 Å². The fraction of sp³-hybridized carbons (Fsp3) is 0.316. The van der Waals surface area contributed by atoms with E-state index in [0.717, 1.165) is 18.1 Å². The number of aryl methyl sites for hydroxylation is 1. The van der Waals surface area contributed by atoms with Gasteiger partial charge in [-0.25, -0.2) is 0 Å². The quantitative estimate of drug-likeness (QED) is 0.538. The maximum atomic E-state index is 12.7. The molecule has 0 unspecified atom stereocenters. The molecule has 0 aliphatic carbocycles. The van der Waals surface area contributed by atoms with Crippen molar-refractivity contribution in [2.45, 2.75) is 25.4 Å². The minimum absolute atomic E-state index is 0.0427. The Morgan fingerprint density at radius 2 is 1.83 bits per heavy atom. The first-order valence-corrected chi connectivity index (χ1v) is 9.03. The van der Waals surface area contributed by atoms with E-state index in [1.807, 2.05) is 0 Å². The van der Waals surface area contributed by atoms with Crippen LogP contribution in [0, 0.1) is 10.1 Å². The van der Waals surface area contributed by atoms with Gasteiger partial charge in [0.2, 0.25) is 5.91 Å². The van der Waals surface area contributed by atoms with Crippen LogP contribution in [0.15, 0.2) is 36.4 Å². The number of nitrogens with zero attached hydrogens (tertiary/aromatic N) is 1. The van der Waals surface area contributed by atoms with Gasteiger partial charge in [0.05, 0.1) is 23.7 Å². The van der Waals surface area contributed by atoms with Crippen molar-refractivity contribution < 1.29 is 32.4 Å². The van der Waals surface area contributed by atoms with Crippen LogP contribution in [-0.2, 0) is 17.4 Å². The fourth-order valence-electron chi connectivity index (χ4n) is 2.79. The van der Waals surface area contributed by atoms with Crippen LogP contribution in [0.1, 0.15) is 24.0 Å². The highest BCUT2D eigenvalue weighted by atomic mass is 19.4. The average Bonchev–Trinajstić information content (AvgIpc) is 2.94. The summed E-state index contributed by atoms with van der Waals surface area (Å²) < 4.78 is 49.3. The van der Waals surface area contributed by atoms with Crippen molar-refractivity contribution in [1.29, 1.82) is 0 Å². The summed E-state index contributed by atoms with van der Waals surface area (Å²) in [5.41, 5.74) is 3.20. The third-order valence-corrected chi connectivity index (χ3v) is 4.31. The third kappa shape index (κ3) is 5.31. The first-order chi connectivity index (χ1) is 14.2. The minimum Gasteiger partial charge on any atom is -0.490 e. The smallest absolute Gasteiger partial charge is 0.416 e. The Balaban J connectivity index is 1.58. The van der Waals surface area contributed by atoms with E-state index in [-0.39, 0.29) is 12.1 Å². The van der Waals surface area contributed by atoms with E-state index in [0.29, 0.717) is 43.3 Å². The molecule has 0 spiro atoms. The molecule has 1 amide bonds. The highest BCUT2D eigenvalue weighted by molar-refractivity contribution is 5.78. The summed E-state index contributed by atoms with van der Waals surface area (Å²) in [7, 11) is 0. The Morgan fingerprint density at radius 3 is 2.53 bits per heavy atom. The lowest BCUT2D eigenvalue weighted by Gasteiger charge is -2.12. The van der Waals surface area contributed by atoms with Crippen LogP contribution in [-0.4, -0.2) is 24.0 Å². The Morgan fingerprint density at radius 1 is 1.10 bits per heavy atom. The molecule has 2 N–H and O–H groups in total. The fourth-order valence-corrected chi connectivity index (χ4v) is 2.79. The zero-order valence-electron chi connectivity index (χ0n) is 15.6. The maximum absolute atomic E-state index is 12.7. The van der Waals surface area contributed by atoms with Gasteiger partial charge in [0.15, 0.2) is 11.5 Å². The normalized spacial score (nSPS) is 13.3. The van der Waals surface area contributed by atoms with Gasteiger partial charge in [-0.3, -0.25) is 25.8 Å². The number of ether oxygens (including phenoxy) is 2. The van der Waals surface area contributed by atoms with E-state index in [1.54, 1.807) is 18.2 Å². The summed E-state index contributed by atoms with van der Waals surface area (Å²) in [6, 6.07) is 7.34. The summed E-state index contributed by atoms with van der Waals surface area (Å²) >= 11 is 0. The number of rotatable bonds is 6. The molecule has 0 saturated carbocycles. The molecular weight excluding hydrogens is 407 g/mol. The number of halogens is 3. The van der Waals surface area contributed by atoms with Crippen molar-refractivity contribution in [3.63, 3.8) is 0 Å². The number of hydrazine groups is 1. The van der Waals surface area contributed by atoms with E-state index in [9.17, 15) is 28.1 Å². The van der Waals surface area contributed by atoms with Crippen molar-refractivity contribution in [2.75, 3.05) is 18.6 Å². The van der Waals surface area contributed by atoms with E-state index < -0.39 is 28.3 Å². The number of nitrogens with one attached hydrogen (secondary N) is 2. The summed E-state index contributed by atoms with van der Waals surface area (Å²) in [6.07, 6.45) is -3.54. The van der Waals surface area contributed by atoms with Crippen molar-refractivity contribution in [2.24, 2.45) is 0 Å². The molecule has 0 aromatic heterocycles. The molecule has 1 aliphatic rings. The summed E-state index contributed by atoms with van der Waals surface area (Å²) in [5.74, 6) is 0.747. The van der Waals surface area contributed by atoms with Gasteiger partial charge < -0.3 is 9.47 Å². The van der Waals surface area contributed by atoms with Crippen molar-refractivity contribution in [3.8, 4) is 11.5 Å². The summed E-state index contributed by atoms with van der Waals surface area (Å²) in [5, 5.41) is 11.1. The number of fused-ring (bicyclic) bond motifs is 1. The van der Waals surface area contributed by atoms with Crippen molar-refractivity contribution >= 4 is 17.3 Å². The lowest BCUT2D eigenvalue weighted by Crippen LogP contribution is -2.30. The molecule has 2 aromatic carbocycles. The van der Waals surface area contributed by atoms with Crippen LogP contribution < -0.4 is 20.3 Å². The zero-order chi connectivity index (χ0) is 21.7. The molecule has 0 bridgehead atoms. The number of nitro groups is 1. The van der Waals surface area contributed by atoms with Crippen LogP contribution >= 0.6 is 0 Å². The SMILES string of the molecule is O=C(CCc1ccc2c(c1)OCCCO2)NNc1ccc(C(F)(F)F)cc1[N+](=O)[O-]. The monoisotopic (exact) mass is 425 g/mol. The standard InChI is InChI=1S/C19H18F3N3O5/c20-19(21,22)13-4-5-14(15(11-13)25(27)28)23-24-18(26)7-3-12-2-6-16-17(10-12)30-9-1-8-29-16/h2,4-6,10-11,23H,1,3,7-9H2,(H,24,26). The average molecular weight is 425 g/mol.